The molecule has 0 fully saturated rings. The Hall–Kier alpha value is -2.87. The highest BCUT2D eigenvalue weighted by Gasteiger charge is 2.21. The second kappa shape index (κ2) is 7.80. The molecule has 130 valence electrons. The number of aryl methyl sites for hydroxylation is 1. The van der Waals surface area contributed by atoms with Gasteiger partial charge in [0, 0.05) is 11.0 Å². The van der Waals surface area contributed by atoms with E-state index in [1.54, 1.807) is 18.2 Å². The van der Waals surface area contributed by atoms with Crippen LogP contribution in [-0.2, 0) is 9.47 Å². The summed E-state index contributed by atoms with van der Waals surface area (Å²) >= 11 is 1.06. The van der Waals surface area contributed by atoms with E-state index >= 15 is 0 Å². The first-order chi connectivity index (χ1) is 11.9. The second-order valence-electron chi connectivity index (χ2n) is 5.02. The van der Waals surface area contributed by atoms with Crippen LogP contribution in [0.25, 0.3) is 0 Å². The fourth-order valence-electron chi connectivity index (χ4n) is 2.10. The van der Waals surface area contributed by atoms with Crippen LogP contribution >= 0.6 is 11.8 Å². The number of nitro groups is 1. The summed E-state index contributed by atoms with van der Waals surface area (Å²) in [6.07, 6.45) is 0. The minimum Gasteiger partial charge on any atom is -0.465 e. The number of hydrogen-bond acceptors (Lipinski definition) is 7. The van der Waals surface area contributed by atoms with Gasteiger partial charge >= 0.3 is 11.9 Å². The molecule has 2 aromatic carbocycles. The molecule has 0 aliphatic heterocycles. The lowest BCUT2D eigenvalue weighted by atomic mass is 10.1. The quantitative estimate of drug-likeness (QED) is 0.456. The van der Waals surface area contributed by atoms with Crippen molar-refractivity contribution in [3.8, 4) is 0 Å². The van der Waals surface area contributed by atoms with Gasteiger partial charge in [-0.3, -0.25) is 10.1 Å². The number of carbonyl (C=O) groups is 2. The van der Waals surface area contributed by atoms with Crippen LogP contribution in [0.2, 0.25) is 0 Å². The lowest BCUT2D eigenvalue weighted by molar-refractivity contribution is -0.387. The van der Waals surface area contributed by atoms with Gasteiger partial charge in [-0.05, 0) is 36.8 Å². The number of hydrogen-bond donors (Lipinski definition) is 0. The number of nitrogens with zero attached hydrogens (tertiary/aromatic N) is 1. The maximum Gasteiger partial charge on any atom is 0.339 e. The van der Waals surface area contributed by atoms with Crippen molar-refractivity contribution in [3.63, 3.8) is 0 Å². The maximum absolute atomic E-state index is 11.9. The molecular formula is C17H15NO6S. The Labute approximate surface area is 148 Å². The minimum atomic E-state index is -0.662. The van der Waals surface area contributed by atoms with Gasteiger partial charge in [-0.1, -0.05) is 17.8 Å². The van der Waals surface area contributed by atoms with E-state index in [0.717, 1.165) is 23.4 Å². The summed E-state index contributed by atoms with van der Waals surface area (Å²) in [5.41, 5.74) is 1.04. The molecule has 2 aromatic rings. The summed E-state index contributed by atoms with van der Waals surface area (Å²) in [7, 11) is 2.47. The van der Waals surface area contributed by atoms with Crippen LogP contribution in [0.4, 0.5) is 5.69 Å². The van der Waals surface area contributed by atoms with Crippen molar-refractivity contribution in [2.45, 2.75) is 16.7 Å². The van der Waals surface area contributed by atoms with Crippen LogP contribution in [-0.4, -0.2) is 31.1 Å². The first kappa shape index (κ1) is 18.5. The van der Waals surface area contributed by atoms with E-state index in [1.807, 2.05) is 6.92 Å². The molecule has 2 rings (SSSR count). The summed E-state index contributed by atoms with van der Waals surface area (Å²) in [6.45, 7) is 1.85. The number of benzene rings is 2. The zero-order valence-electron chi connectivity index (χ0n) is 13.8. The third-order valence-electron chi connectivity index (χ3n) is 3.34. The molecule has 25 heavy (non-hydrogen) atoms. The predicted octanol–water partition coefficient (Wildman–Crippen LogP) is 3.63. The van der Waals surface area contributed by atoms with Gasteiger partial charge in [0.1, 0.15) is 0 Å². The molecule has 0 N–H and O–H groups in total. The van der Waals surface area contributed by atoms with E-state index in [1.165, 1.54) is 26.4 Å². The van der Waals surface area contributed by atoms with Crippen LogP contribution < -0.4 is 0 Å². The van der Waals surface area contributed by atoms with Crippen LogP contribution in [0.3, 0.4) is 0 Å². The van der Waals surface area contributed by atoms with E-state index in [0.29, 0.717) is 15.4 Å². The molecule has 0 saturated heterocycles. The van der Waals surface area contributed by atoms with E-state index in [9.17, 15) is 19.7 Å². The Morgan fingerprint density at radius 3 is 2.28 bits per heavy atom. The summed E-state index contributed by atoms with van der Waals surface area (Å²) in [5.74, 6) is -1.19. The highest BCUT2D eigenvalue weighted by atomic mass is 32.2. The molecule has 0 aliphatic carbocycles. The Kier molecular flexibility index (Phi) is 5.76. The lowest BCUT2D eigenvalue weighted by Crippen LogP contribution is -2.04. The molecule has 0 aromatic heterocycles. The smallest absolute Gasteiger partial charge is 0.339 e. The van der Waals surface area contributed by atoms with Crippen LogP contribution in [0.5, 0.6) is 0 Å². The van der Waals surface area contributed by atoms with Crippen molar-refractivity contribution in [1.82, 2.24) is 0 Å². The van der Waals surface area contributed by atoms with Gasteiger partial charge in [0.25, 0.3) is 5.69 Å². The van der Waals surface area contributed by atoms with Gasteiger partial charge in [0.2, 0.25) is 0 Å². The summed E-state index contributed by atoms with van der Waals surface area (Å²) in [5, 5.41) is 11.4. The van der Waals surface area contributed by atoms with E-state index in [2.05, 4.69) is 4.74 Å². The average Bonchev–Trinajstić information content (AvgIpc) is 2.60. The summed E-state index contributed by atoms with van der Waals surface area (Å²) in [4.78, 5) is 35.1. The maximum atomic E-state index is 11.9. The topological polar surface area (TPSA) is 95.7 Å². The third kappa shape index (κ3) is 4.16. The van der Waals surface area contributed by atoms with Gasteiger partial charge in [-0.25, -0.2) is 9.59 Å². The van der Waals surface area contributed by atoms with Crippen molar-refractivity contribution in [3.05, 3.63) is 63.2 Å². The number of rotatable bonds is 5. The average molecular weight is 361 g/mol. The Morgan fingerprint density at radius 1 is 1.00 bits per heavy atom. The molecule has 7 nitrogen and oxygen atoms in total. The van der Waals surface area contributed by atoms with E-state index < -0.39 is 16.9 Å². The fourth-order valence-corrected chi connectivity index (χ4v) is 3.22. The second-order valence-corrected chi connectivity index (χ2v) is 6.11. The molecule has 8 heteroatoms. The van der Waals surface area contributed by atoms with E-state index in [4.69, 9.17) is 4.74 Å². The lowest BCUT2D eigenvalue weighted by Gasteiger charge is -2.10. The van der Waals surface area contributed by atoms with Crippen molar-refractivity contribution < 1.29 is 24.0 Å². The van der Waals surface area contributed by atoms with Crippen LogP contribution in [0, 0.1) is 17.0 Å². The van der Waals surface area contributed by atoms with E-state index in [-0.39, 0.29) is 11.3 Å². The third-order valence-corrected chi connectivity index (χ3v) is 4.46. The number of ether oxygens (including phenoxy) is 2. The molecule has 0 heterocycles. The van der Waals surface area contributed by atoms with Crippen molar-refractivity contribution in [2.24, 2.45) is 0 Å². The number of nitro benzene ring substituents is 1. The normalized spacial score (nSPS) is 10.2. The molecule has 0 bridgehead atoms. The molecule has 0 unspecified atom stereocenters. The van der Waals surface area contributed by atoms with Gasteiger partial charge < -0.3 is 9.47 Å². The molecule has 0 amide bonds. The predicted molar refractivity (Wildman–Crippen MR) is 91.1 cm³/mol. The van der Waals surface area contributed by atoms with Crippen molar-refractivity contribution in [1.29, 1.82) is 0 Å². The zero-order valence-corrected chi connectivity index (χ0v) is 14.6. The van der Waals surface area contributed by atoms with Gasteiger partial charge in [0.05, 0.1) is 35.2 Å². The van der Waals surface area contributed by atoms with Crippen molar-refractivity contribution in [2.75, 3.05) is 14.2 Å². The number of esters is 2. The standard InChI is InChI=1S/C17H15NO6S/c1-10-4-6-12(17(20)24-3)15(8-10)25-14-7-5-11(16(19)23-2)9-13(14)18(21)22/h4-9H,1-3H3. The Balaban J connectivity index is 2.50. The Morgan fingerprint density at radius 2 is 1.68 bits per heavy atom. The minimum absolute atomic E-state index is 0.0796. The summed E-state index contributed by atoms with van der Waals surface area (Å²) in [6, 6.07) is 9.16. The monoisotopic (exact) mass is 361 g/mol. The van der Waals surface area contributed by atoms with Crippen LogP contribution in [0.1, 0.15) is 26.3 Å². The fraction of sp³-hybridized carbons (Fsp3) is 0.176. The molecule has 0 aliphatic rings. The first-order valence-electron chi connectivity index (χ1n) is 7.11. The highest BCUT2D eigenvalue weighted by Crippen LogP contribution is 2.37. The zero-order chi connectivity index (χ0) is 18.6. The largest absolute Gasteiger partial charge is 0.465 e. The highest BCUT2D eigenvalue weighted by molar-refractivity contribution is 7.99. The Bertz CT molecular complexity index is 849. The number of carbonyl (C=O) groups excluding carboxylic acids is 2. The SMILES string of the molecule is COC(=O)c1ccc(Sc2cc(C)ccc2C(=O)OC)c([N+](=O)[O-])c1. The van der Waals surface area contributed by atoms with Gasteiger partial charge in [-0.15, -0.1) is 0 Å². The van der Waals surface area contributed by atoms with Gasteiger partial charge in [-0.2, -0.15) is 0 Å². The van der Waals surface area contributed by atoms with Crippen LogP contribution in [0.15, 0.2) is 46.2 Å². The molecule has 0 atom stereocenters. The molecule has 0 radical (unpaired) electrons. The van der Waals surface area contributed by atoms with Gasteiger partial charge in [0.15, 0.2) is 0 Å². The molecular weight excluding hydrogens is 346 g/mol. The summed E-state index contributed by atoms with van der Waals surface area (Å²) < 4.78 is 9.33. The first-order valence-corrected chi connectivity index (χ1v) is 7.92. The van der Waals surface area contributed by atoms with Crippen molar-refractivity contribution >= 4 is 29.4 Å². The molecule has 0 saturated carbocycles. The molecule has 0 spiro atoms. The number of methoxy groups -OCH3 is 2.